The van der Waals surface area contributed by atoms with E-state index in [-0.39, 0.29) is 0 Å². The van der Waals surface area contributed by atoms with E-state index in [9.17, 15) is 0 Å². The van der Waals surface area contributed by atoms with E-state index < -0.39 is 0 Å². The lowest BCUT2D eigenvalue weighted by atomic mass is 9.96. The maximum atomic E-state index is 4.43. The molecule has 20 heavy (non-hydrogen) atoms. The van der Waals surface area contributed by atoms with Crippen LogP contribution in [0.5, 0.6) is 0 Å². The summed E-state index contributed by atoms with van der Waals surface area (Å²) >= 11 is 0. The highest BCUT2D eigenvalue weighted by Gasteiger charge is 2.18. The second-order valence-electron chi connectivity index (χ2n) is 6.03. The Morgan fingerprint density at radius 2 is 2.10 bits per heavy atom. The molecule has 0 saturated carbocycles. The Morgan fingerprint density at radius 1 is 1.35 bits per heavy atom. The van der Waals surface area contributed by atoms with Gasteiger partial charge in [-0.25, -0.2) is 4.98 Å². The highest BCUT2D eigenvalue weighted by atomic mass is 15.1. The molecule has 0 aliphatic carbocycles. The summed E-state index contributed by atoms with van der Waals surface area (Å²) < 4.78 is 0. The molecule has 0 unspecified atom stereocenters. The molecular weight excluding hydrogens is 248 g/mol. The maximum Gasteiger partial charge on any atom is 0.125 e. The van der Waals surface area contributed by atoms with Crippen molar-refractivity contribution in [2.45, 2.75) is 26.3 Å². The Bertz CT molecular complexity index is 382. The van der Waals surface area contributed by atoms with Gasteiger partial charge < -0.3 is 15.1 Å². The van der Waals surface area contributed by atoms with Crippen LogP contribution in [0.1, 0.15) is 25.3 Å². The molecule has 0 radical (unpaired) electrons. The number of piperidine rings is 1. The standard InChI is InChI=1S/C16H28N4/c1-4-17-16-6-5-15(11-18-16)13-20(3)12-14-7-9-19(2)10-8-14/h5-6,11,14H,4,7-10,12-13H2,1-3H3,(H,17,18). The van der Waals surface area contributed by atoms with Crippen LogP contribution in [0.4, 0.5) is 5.82 Å². The Kier molecular flexibility index (Phi) is 5.80. The molecule has 112 valence electrons. The van der Waals surface area contributed by atoms with Crippen molar-refractivity contribution in [3.8, 4) is 0 Å². The molecule has 1 aromatic heterocycles. The normalized spacial score (nSPS) is 17.6. The molecule has 0 amide bonds. The van der Waals surface area contributed by atoms with E-state index in [0.29, 0.717) is 0 Å². The van der Waals surface area contributed by atoms with Crippen LogP contribution in [0.25, 0.3) is 0 Å². The molecule has 4 nitrogen and oxygen atoms in total. The predicted molar refractivity (Wildman–Crippen MR) is 85.0 cm³/mol. The summed E-state index contributed by atoms with van der Waals surface area (Å²) in [4.78, 5) is 9.29. The largest absolute Gasteiger partial charge is 0.370 e. The SMILES string of the molecule is CCNc1ccc(CN(C)CC2CCN(C)CC2)cn1. The lowest BCUT2D eigenvalue weighted by molar-refractivity contribution is 0.173. The molecule has 1 fully saturated rings. The van der Waals surface area contributed by atoms with Crippen molar-refractivity contribution in [2.75, 3.05) is 45.6 Å². The van der Waals surface area contributed by atoms with E-state index in [0.717, 1.165) is 24.8 Å². The van der Waals surface area contributed by atoms with Gasteiger partial charge in [0, 0.05) is 25.8 Å². The molecule has 0 aromatic carbocycles. The zero-order chi connectivity index (χ0) is 14.4. The van der Waals surface area contributed by atoms with E-state index in [1.165, 1.54) is 38.0 Å². The maximum absolute atomic E-state index is 4.43. The average Bonchev–Trinajstić information content (AvgIpc) is 2.44. The number of aromatic nitrogens is 1. The fraction of sp³-hybridized carbons (Fsp3) is 0.688. The monoisotopic (exact) mass is 276 g/mol. The van der Waals surface area contributed by atoms with E-state index in [1.807, 2.05) is 6.20 Å². The van der Waals surface area contributed by atoms with Crippen LogP contribution in [-0.2, 0) is 6.54 Å². The summed E-state index contributed by atoms with van der Waals surface area (Å²) in [6.45, 7) is 7.69. The first-order valence-electron chi connectivity index (χ1n) is 7.73. The predicted octanol–water partition coefficient (Wildman–Crippen LogP) is 2.29. The van der Waals surface area contributed by atoms with Crippen molar-refractivity contribution in [3.05, 3.63) is 23.9 Å². The number of hydrogen-bond donors (Lipinski definition) is 1. The third kappa shape index (κ3) is 4.76. The molecule has 4 heteroatoms. The highest BCUT2D eigenvalue weighted by molar-refractivity contribution is 5.35. The van der Waals surface area contributed by atoms with Gasteiger partial charge in [-0.2, -0.15) is 0 Å². The Hall–Kier alpha value is -1.13. The van der Waals surface area contributed by atoms with Crippen LogP contribution in [0, 0.1) is 5.92 Å². The van der Waals surface area contributed by atoms with E-state index in [4.69, 9.17) is 0 Å². The van der Waals surface area contributed by atoms with Crippen LogP contribution in [0.3, 0.4) is 0 Å². The number of nitrogens with one attached hydrogen (secondary N) is 1. The Balaban J connectivity index is 1.77. The molecule has 1 aliphatic rings. The molecule has 1 N–H and O–H groups in total. The van der Waals surface area contributed by atoms with Gasteiger partial charge in [-0.15, -0.1) is 0 Å². The van der Waals surface area contributed by atoms with E-state index >= 15 is 0 Å². The van der Waals surface area contributed by atoms with E-state index in [2.05, 4.69) is 53.3 Å². The second kappa shape index (κ2) is 7.60. The first-order valence-corrected chi connectivity index (χ1v) is 7.73. The first-order chi connectivity index (χ1) is 9.67. The Morgan fingerprint density at radius 3 is 2.70 bits per heavy atom. The highest BCUT2D eigenvalue weighted by Crippen LogP contribution is 2.17. The van der Waals surface area contributed by atoms with Crippen LogP contribution in [-0.4, -0.2) is 55.1 Å². The lowest BCUT2D eigenvalue weighted by Crippen LogP contribution is -2.35. The summed E-state index contributed by atoms with van der Waals surface area (Å²) in [6.07, 6.45) is 4.65. The molecule has 2 heterocycles. The van der Waals surface area contributed by atoms with Crippen LogP contribution in [0.2, 0.25) is 0 Å². The van der Waals surface area contributed by atoms with Gasteiger partial charge in [0.2, 0.25) is 0 Å². The first kappa shape index (κ1) is 15.3. The van der Waals surface area contributed by atoms with Gasteiger partial charge >= 0.3 is 0 Å². The quantitative estimate of drug-likeness (QED) is 0.864. The van der Waals surface area contributed by atoms with Crippen LogP contribution >= 0.6 is 0 Å². The van der Waals surface area contributed by atoms with Gasteiger partial charge in [-0.05, 0) is 64.5 Å². The third-order valence-electron chi connectivity index (χ3n) is 4.04. The van der Waals surface area contributed by atoms with Gasteiger partial charge in [-0.3, -0.25) is 0 Å². The van der Waals surface area contributed by atoms with Gasteiger partial charge in [-0.1, -0.05) is 6.07 Å². The van der Waals surface area contributed by atoms with Crippen molar-refractivity contribution in [3.63, 3.8) is 0 Å². The zero-order valence-corrected chi connectivity index (χ0v) is 13.1. The molecule has 1 aliphatic heterocycles. The molecule has 1 saturated heterocycles. The van der Waals surface area contributed by atoms with E-state index in [1.54, 1.807) is 0 Å². The number of nitrogens with zero attached hydrogens (tertiary/aromatic N) is 3. The number of likely N-dealkylation sites (tertiary alicyclic amines) is 1. The van der Waals surface area contributed by atoms with Crippen molar-refractivity contribution in [1.29, 1.82) is 0 Å². The third-order valence-corrected chi connectivity index (χ3v) is 4.04. The van der Waals surface area contributed by atoms with Gasteiger partial charge in [0.25, 0.3) is 0 Å². The van der Waals surface area contributed by atoms with Crippen molar-refractivity contribution < 1.29 is 0 Å². The minimum Gasteiger partial charge on any atom is -0.370 e. The fourth-order valence-corrected chi connectivity index (χ4v) is 2.87. The van der Waals surface area contributed by atoms with Gasteiger partial charge in [0.15, 0.2) is 0 Å². The topological polar surface area (TPSA) is 31.4 Å². The number of rotatable bonds is 6. The molecule has 0 bridgehead atoms. The summed E-state index contributed by atoms with van der Waals surface area (Å²) in [5.41, 5.74) is 1.29. The van der Waals surface area contributed by atoms with Gasteiger partial charge in [0.05, 0.1) is 0 Å². The summed E-state index contributed by atoms with van der Waals surface area (Å²) in [7, 11) is 4.44. The average molecular weight is 276 g/mol. The fourth-order valence-electron chi connectivity index (χ4n) is 2.87. The van der Waals surface area contributed by atoms with Crippen molar-refractivity contribution in [1.82, 2.24) is 14.8 Å². The minimum absolute atomic E-state index is 0.852. The van der Waals surface area contributed by atoms with Crippen LogP contribution in [0.15, 0.2) is 18.3 Å². The smallest absolute Gasteiger partial charge is 0.125 e. The molecular formula is C16H28N4. The summed E-state index contributed by atoms with van der Waals surface area (Å²) in [5.74, 6) is 1.82. The summed E-state index contributed by atoms with van der Waals surface area (Å²) in [6, 6.07) is 4.25. The number of pyridine rings is 1. The second-order valence-corrected chi connectivity index (χ2v) is 6.03. The van der Waals surface area contributed by atoms with Crippen molar-refractivity contribution >= 4 is 5.82 Å². The molecule has 1 aromatic rings. The summed E-state index contributed by atoms with van der Waals surface area (Å²) in [5, 5.41) is 3.23. The van der Waals surface area contributed by atoms with Gasteiger partial charge in [0.1, 0.15) is 5.82 Å². The molecule has 0 atom stereocenters. The zero-order valence-electron chi connectivity index (χ0n) is 13.1. The minimum atomic E-state index is 0.852. The lowest BCUT2D eigenvalue weighted by Gasteiger charge is -2.31. The number of hydrogen-bond acceptors (Lipinski definition) is 4. The van der Waals surface area contributed by atoms with Crippen molar-refractivity contribution in [2.24, 2.45) is 5.92 Å². The number of anilines is 1. The molecule has 2 rings (SSSR count). The van der Waals surface area contributed by atoms with Crippen LogP contribution < -0.4 is 5.32 Å². The Labute approximate surface area is 123 Å². The molecule has 0 spiro atoms.